The van der Waals surface area contributed by atoms with Gasteiger partial charge in [-0.05, 0) is 6.92 Å². The molecule has 1 rings (SSSR count). The first kappa shape index (κ1) is 9.02. The minimum absolute atomic E-state index is 0.0996. The molecule has 0 fully saturated rings. The maximum Gasteiger partial charge on any atom is 0.0947 e. The average molecular weight is 171 g/mol. The zero-order chi connectivity index (χ0) is 8.97. The molecule has 5 heteroatoms. The smallest absolute Gasteiger partial charge is 0.0947 e. The Bertz CT molecular complexity index is 213. The molecule has 0 saturated heterocycles. The van der Waals surface area contributed by atoms with Crippen LogP contribution in [0.25, 0.3) is 0 Å². The summed E-state index contributed by atoms with van der Waals surface area (Å²) in [5, 5.41) is 23.3. The molecular formula is C7H13N3O2. The Morgan fingerprint density at radius 3 is 2.75 bits per heavy atom. The molecule has 0 saturated carbocycles. The predicted molar refractivity (Wildman–Crippen MR) is 45.2 cm³/mol. The molecule has 1 heterocycles. The number of aliphatic hydroxyl groups is 2. The van der Waals surface area contributed by atoms with Crippen LogP contribution in [-0.4, -0.2) is 40.7 Å². The predicted octanol–water partition coefficient (Wildman–Crippen LogP) is -0.949. The fourth-order valence-corrected chi connectivity index (χ4v) is 0.919. The van der Waals surface area contributed by atoms with E-state index in [0.29, 0.717) is 11.3 Å². The van der Waals surface area contributed by atoms with Crippen molar-refractivity contribution in [1.82, 2.24) is 10.5 Å². The molecule has 0 aromatic rings. The number of rotatable bonds is 3. The summed E-state index contributed by atoms with van der Waals surface area (Å²) in [5.74, 6) is 0. The van der Waals surface area contributed by atoms with E-state index in [1.165, 1.54) is 0 Å². The fourth-order valence-electron chi connectivity index (χ4n) is 0.919. The van der Waals surface area contributed by atoms with Gasteiger partial charge in [-0.25, -0.2) is 5.53 Å². The van der Waals surface area contributed by atoms with Gasteiger partial charge in [-0.15, -0.1) is 0 Å². The molecule has 0 aromatic heterocycles. The summed E-state index contributed by atoms with van der Waals surface area (Å²) in [6.45, 7) is 2.46. The van der Waals surface area contributed by atoms with E-state index in [4.69, 9.17) is 10.2 Å². The van der Waals surface area contributed by atoms with Gasteiger partial charge < -0.3 is 10.2 Å². The number of nitrogens with one attached hydrogen (secondary N) is 1. The standard InChI is InChI=1S/C7H13N3O2/c1-2-10-3-6(4-11)7(5-12)8-9-10/h3,9,11-12H,2,4-5H2,1H3. The third-order valence-corrected chi connectivity index (χ3v) is 1.66. The fraction of sp³-hybridized carbons (Fsp3) is 0.571. The molecule has 12 heavy (non-hydrogen) atoms. The highest BCUT2D eigenvalue weighted by atomic mass is 16.3. The van der Waals surface area contributed by atoms with Gasteiger partial charge in [0.25, 0.3) is 0 Å². The van der Waals surface area contributed by atoms with Crippen LogP contribution in [0.5, 0.6) is 0 Å². The van der Waals surface area contributed by atoms with Crippen LogP contribution in [-0.2, 0) is 0 Å². The van der Waals surface area contributed by atoms with Crippen LogP contribution in [0.2, 0.25) is 0 Å². The van der Waals surface area contributed by atoms with Crippen LogP contribution in [0.1, 0.15) is 6.92 Å². The molecule has 0 radical (unpaired) electrons. The molecule has 3 N–H and O–H groups in total. The number of hydrazine groups is 1. The van der Waals surface area contributed by atoms with Gasteiger partial charge in [0.05, 0.1) is 18.9 Å². The lowest BCUT2D eigenvalue weighted by molar-refractivity contribution is 0.267. The van der Waals surface area contributed by atoms with E-state index in [2.05, 4.69) is 10.6 Å². The summed E-state index contributed by atoms with van der Waals surface area (Å²) in [5.41, 5.74) is 3.85. The number of hydrazone groups is 1. The highest BCUT2D eigenvalue weighted by Gasteiger charge is 2.11. The van der Waals surface area contributed by atoms with E-state index < -0.39 is 0 Å². The lowest BCUT2D eigenvalue weighted by atomic mass is 10.2. The van der Waals surface area contributed by atoms with Gasteiger partial charge in [0.2, 0.25) is 0 Å². The van der Waals surface area contributed by atoms with Crippen LogP contribution in [0.3, 0.4) is 0 Å². The van der Waals surface area contributed by atoms with E-state index in [9.17, 15) is 0 Å². The highest BCUT2D eigenvalue weighted by Crippen LogP contribution is 2.03. The lowest BCUT2D eigenvalue weighted by Crippen LogP contribution is -2.36. The second-order valence-electron chi connectivity index (χ2n) is 2.42. The first-order valence-electron chi connectivity index (χ1n) is 3.83. The minimum Gasteiger partial charge on any atom is -0.392 e. The quantitative estimate of drug-likeness (QED) is 0.512. The van der Waals surface area contributed by atoms with Crippen molar-refractivity contribution in [1.29, 1.82) is 0 Å². The van der Waals surface area contributed by atoms with Gasteiger partial charge >= 0.3 is 0 Å². The highest BCUT2D eigenvalue weighted by molar-refractivity contribution is 6.01. The molecule has 1 aliphatic rings. The van der Waals surface area contributed by atoms with Gasteiger partial charge in [-0.3, -0.25) is 5.01 Å². The molecule has 0 unspecified atom stereocenters. The molecule has 0 atom stereocenters. The van der Waals surface area contributed by atoms with Gasteiger partial charge in [0.1, 0.15) is 0 Å². The minimum atomic E-state index is -0.156. The normalized spacial score (nSPS) is 16.8. The molecule has 68 valence electrons. The Morgan fingerprint density at radius 2 is 2.25 bits per heavy atom. The van der Waals surface area contributed by atoms with Crippen molar-refractivity contribution in [2.75, 3.05) is 19.8 Å². The largest absolute Gasteiger partial charge is 0.392 e. The van der Waals surface area contributed by atoms with Crippen molar-refractivity contribution in [3.63, 3.8) is 0 Å². The Labute approximate surface area is 71.0 Å². The first-order valence-corrected chi connectivity index (χ1v) is 3.83. The summed E-state index contributed by atoms with van der Waals surface area (Å²) in [6, 6.07) is 0. The Balaban J connectivity index is 2.71. The average Bonchev–Trinajstić information content (AvgIpc) is 2.16. The molecule has 0 aromatic carbocycles. The zero-order valence-electron chi connectivity index (χ0n) is 6.99. The van der Waals surface area contributed by atoms with Crippen molar-refractivity contribution in [3.8, 4) is 0 Å². The van der Waals surface area contributed by atoms with E-state index in [-0.39, 0.29) is 13.2 Å². The second kappa shape index (κ2) is 4.08. The molecule has 0 bridgehead atoms. The Hall–Kier alpha value is -1.07. The monoisotopic (exact) mass is 171 g/mol. The van der Waals surface area contributed by atoms with Gasteiger partial charge in [0.15, 0.2) is 0 Å². The van der Waals surface area contributed by atoms with Crippen LogP contribution >= 0.6 is 0 Å². The van der Waals surface area contributed by atoms with E-state index in [1.54, 1.807) is 11.2 Å². The van der Waals surface area contributed by atoms with E-state index >= 15 is 0 Å². The number of hydrogen-bond donors (Lipinski definition) is 3. The molecular weight excluding hydrogens is 158 g/mol. The van der Waals surface area contributed by atoms with Crippen molar-refractivity contribution < 1.29 is 10.2 Å². The van der Waals surface area contributed by atoms with Crippen molar-refractivity contribution in [2.45, 2.75) is 6.92 Å². The molecule has 1 aliphatic heterocycles. The maximum atomic E-state index is 8.89. The topological polar surface area (TPSA) is 68.1 Å². The molecule has 0 amide bonds. The number of nitrogens with zero attached hydrogens (tertiary/aromatic N) is 2. The number of aliphatic hydroxyl groups excluding tert-OH is 2. The Morgan fingerprint density at radius 1 is 1.50 bits per heavy atom. The van der Waals surface area contributed by atoms with Gasteiger partial charge in [-0.2, -0.15) is 5.10 Å². The van der Waals surface area contributed by atoms with Crippen molar-refractivity contribution >= 4 is 5.71 Å². The van der Waals surface area contributed by atoms with Crippen LogP contribution in [0, 0.1) is 0 Å². The second-order valence-corrected chi connectivity index (χ2v) is 2.42. The summed E-state index contributed by atoms with van der Waals surface area (Å²) in [6.07, 6.45) is 1.73. The van der Waals surface area contributed by atoms with Crippen molar-refractivity contribution in [3.05, 3.63) is 11.8 Å². The first-order chi connectivity index (χ1) is 5.81. The van der Waals surface area contributed by atoms with E-state index in [0.717, 1.165) is 6.54 Å². The van der Waals surface area contributed by atoms with Crippen molar-refractivity contribution in [2.24, 2.45) is 5.10 Å². The van der Waals surface area contributed by atoms with Crippen LogP contribution in [0.15, 0.2) is 16.9 Å². The molecule has 0 spiro atoms. The third-order valence-electron chi connectivity index (χ3n) is 1.66. The number of hydrogen-bond acceptors (Lipinski definition) is 5. The van der Waals surface area contributed by atoms with Gasteiger partial charge in [-0.1, -0.05) is 0 Å². The Kier molecular flexibility index (Phi) is 3.07. The summed E-state index contributed by atoms with van der Waals surface area (Å²) in [7, 11) is 0. The van der Waals surface area contributed by atoms with Crippen LogP contribution < -0.4 is 5.53 Å². The van der Waals surface area contributed by atoms with Crippen LogP contribution in [0.4, 0.5) is 0 Å². The zero-order valence-corrected chi connectivity index (χ0v) is 6.99. The summed E-state index contributed by atoms with van der Waals surface area (Å²) >= 11 is 0. The maximum absolute atomic E-state index is 8.89. The summed E-state index contributed by atoms with van der Waals surface area (Å²) < 4.78 is 0. The lowest BCUT2D eigenvalue weighted by Gasteiger charge is -2.23. The van der Waals surface area contributed by atoms with Gasteiger partial charge in [0, 0.05) is 18.3 Å². The molecule has 0 aliphatic carbocycles. The third kappa shape index (κ3) is 1.75. The molecule has 5 nitrogen and oxygen atoms in total. The summed E-state index contributed by atoms with van der Waals surface area (Å²) in [4.78, 5) is 0. The SMILES string of the molecule is CCN1C=C(CO)C(CO)=NN1. The van der Waals surface area contributed by atoms with E-state index in [1.807, 2.05) is 6.92 Å².